The van der Waals surface area contributed by atoms with Crippen molar-refractivity contribution in [1.29, 1.82) is 0 Å². The Hall–Kier alpha value is -3.78. The fraction of sp³-hybridized carbons (Fsp3) is 0.250. The number of alkyl halides is 3. The fourth-order valence-corrected chi connectivity index (χ4v) is 4.53. The maximum atomic E-state index is 13.2. The zero-order chi connectivity index (χ0) is 25.1. The molecule has 0 aliphatic carbocycles. The number of carbonyl (C=O) groups excluding carboxylic acids is 1. The molecule has 0 atom stereocenters. The smallest absolute Gasteiger partial charge is 0.310 e. The van der Waals surface area contributed by atoms with Crippen LogP contribution in [0, 0.1) is 0 Å². The minimum absolute atomic E-state index is 0.0639. The molecule has 36 heavy (non-hydrogen) atoms. The monoisotopic (exact) mass is 490 g/mol. The fourth-order valence-electron chi connectivity index (χ4n) is 4.53. The van der Waals surface area contributed by atoms with Gasteiger partial charge < -0.3 is 5.32 Å². The molecule has 0 radical (unpaired) electrons. The summed E-state index contributed by atoms with van der Waals surface area (Å²) in [6.07, 6.45) is -1.97. The minimum Gasteiger partial charge on any atom is -0.310 e. The number of fused-ring (bicyclic) bond motifs is 1. The standard InChI is InChI=1S/C28H25F3N4O/c29-28(30,31)22-9-4-7-20(16-22)24-13-12-19-6-3-8-21(27(19)33-24)17-26(36)34-25-11-5-10-23(32-25)18-35-14-1-2-15-35/h3-13,16H,1-2,14-15,17-18H2,(H,32,34,36). The summed E-state index contributed by atoms with van der Waals surface area (Å²) >= 11 is 0. The van der Waals surface area contributed by atoms with Crippen molar-refractivity contribution >= 4 is 22.6 Å². The summed E-state index contributed by atoms with van der Waals surface area (Å²) in [5, 5.41) is 3.68. The van der Waals surface area contributed by atoms with Crippen LogP contribution >= 0.6 is 0 Å². The quantitative estimate of drug-likeness (QED) is 0.355. The molecule has 3 heterocycles. The van der Waals surface area contributed by atoms with E-state index in [9.17, 15) is 18.0 Å². The molecule has 0 spiro atoms. The molecular weight excluding hydrogens is 465 g/mol. The van der Waals surface area contributed by atoms with Crippen LogP contribution in [0.25, 0.3) is 22.2 Å². The first kappa shape index (κ1) is 23.9. The molecular formula is C28H25F3N4O. The second-order valence-corrected chi connectivity index (χ2v) is 8.99. The first-order valence-electron chi connectivity index (χ1n) is 11.9. The number of anilines is 1. The summed E-state index contributed by atoms with van der Waals surface area (Å²) in [6, 6.07) is 19.7. The summed E-state index contributed by atoms with van der Waals surface area (Å²) in [4.78, 5) is 24.4. The average molecular weight is 491 g/mol. The molecule has 5 rings (SSSR count). The predicted molar refractivity (Wildman–Crippen MR) is 133 cm³/mol. The third-order valence-corrected chi connectivity index (χ3v) is 6.30. The van der Waals surface area contributed by atoms with Gasteiger partial charge >= 0.3 is 6.18 Å². The number of carbonyl (C=O) groups is 1. The lowest BCUT2D eigenvalue weighted by Crippen LogP contribution is -2.20. The number of nitrogens with zero attached hydrogens (tertiary/aromatic N) is 3. The Kier molecular flexibility index (Phi) is 6.69. The van der Waals surface area contributed by atoms with Gasteiger partial charge in [-0.2, -0.15) is 13.2 Å². The number of hydrogen-bond donors (Lipinski definition) is 1. The van der Waals surface area contributed by atoms with E-state index in [4.69, 9.17) is 0 Å². The number of benzene rings is 2. The van der Waals surface area contributed by atoms with Crippen LogP contribution in [0.4, 0.5) is 19.0 Å². The van der Waals surface area contributed by atoms with E-state index in [0.29, 0.717) is 28.2 Å². The maximum absolute atomic E-state index is 13.2. The van der Waals surface area contributed by atoms with Gasteiger partial charge in [-0.1, -0.05) is 42.5 Å². The molecule has 0 saturated carbocycles. The highest BCUT2D eigenvalue weighted by Gasteiger charge is 2.30. The number of pyridine rings is 2. The van der Waals surface area contributed by atoms with Gasteiger partial charge in [-0.25, -0.2) is 9.97 Å². The summed E-state index contributed by atoms with van der Waals surface area (Å²) in [6.45, 7) is 2.89. The lowest BCUT2D eigenvalue weighted by Gasteiger charge is -2.14. The Morgan fingerprint density at radius 1 is 0.917 bits per heavy atom. The zero-order valence-electron chi connectivity index (χ0n) is 19.6. The normalized spacial score (nSPS) is 14.3. The third kappa shape index (κ3) is 5.54. The van der Waals surface area contributed by atoms with Crippen molar-refractivity contribution in [2.24, 2.45) is 0 Å². The molecule has 5 nitrogen and oxygen atoms in total. The highest BCUT2D eigenvalue weighted by molar-refractivity contribution is 5.95. The van der Waals surface area contributed by atoms with Crippen LogP contribution in [0.15, 0.2) is 72.8 Å². The van der Waals surface area contributed by atoms with Gasteiger partial charge in [-0.3, -0.25) is 9.69 Å². The Labute approximate surface area is 207 Å². The largest absolute Gasteiger partial charge is 0.416 e. The predicted octanol–water partition coefficient (Wildman–Crippen LogP) is 6.09. The van der Waals surface area contributed by atoms with Crippen molar-refractivity contribution in [2.75, 3.05) is 18.4 Å². The highest BCUT2D eigenvalue weighted by atomic mass is 19.4. The maximum Gasteiger partial charge on any atom is 0.416 e. The van der Waals surface area contributed by atoms with Crippen LogP contribution in [0.3, 0.4) is 0 Å². The molecule has 1 aliphatic heterocycles. The van der Waals surface area contributed by atoms with Crippen LogP contribution in [-0.4, -0.2) is 33.9 Å². The van der Waals surface area contributed by atoms with E-state index in [1.54, 1.807) is 18.2 Å². The first-order valence-corrected chi connectivity index (χ1v) is 11.9. The van der Waals surface area contributed by atoms with Crippen LogP contribution in [-0.2, 0) is 23.9 Å². The SMILES string of the molecule is O=C(Cc1cccc2ccc(-c3cccc(C(F)(F)F)c3)nc12)Nc1cccc(CN2CCCC2)n1. The lowest BCUT2D eigenvalue weighted by atomic mass is 10.0. The van der Waals surface area contributed by atoms with E-state index < -0.39 is 11.7 Å². The number of para-hydroxylation sites is 1. The van der Waals surface area contributed by atoms with E-state index in [1.807, 2.05) is 36.4 Å². The number of aromatic nitrogens is 2. The number of halogens is 3. The second-order valence-electron chi connectivity index (χ2n) is 8.99. The van der Waals surface area contributed by atoms with Gasteiger partial charge in [0.25, 0.3) is 0 Å². The topological polar surface area (TPSA) is 58.1 Å². The molecule has 2 aromatic heterocycles. The Bertz CT molecular complexity index is 1400. The van der Waals surface area contributed by atoms with Crippen molar-refractivity contribution in [3.8, 4) is 11.3 Å². The van der Waals surface area contributed by atoms with Gasteiger partial charge in [0, 0.05) is 17.5 Å². The summed E-state index contributed by atoms with van der Waals surface area (Å²) in [5.41, 5.74) is 2.23. The van der Waals surface area contributed by atoms with Crippen LogP contribution < -0.4 is 5.32 Å². The number of rotatable bonds is 6. The van der Waals surface area contributed by atoms with Crippen LogP contribution in [0.2, 0.25) is 0 Å². The number of likely N-dealkylation sites (tertiary alicyclic amines) is 1. The molecule has 1 N–H and O–H groups in total. The number of nitrogens with one attached hydrogen (secondary N) is 1. The average Bonchev–Trinajstić information content (AvgIpc) is 3.37. The number of hydrogen-bond acceptors (Lipinski definition) is 4. The Morgan fingerprint density at radius 2 is 1.69 bits per heavy atom. The van der Waals surface area contributed by atoms with E-state index in [-0.39, 0.29) is 12.3 Å². The van der Waals surface area contributed by atoms with Gasteiger partial charge in [0.1, 0.15) is 5.82 Å². The van der Waals surface area contributed by atoms with Crippen molar-refractivity contribution in [1.82, 2.24) is 14.9 Å². The van der Waals surface area contributed by atoms with Crippen molar-refractivity contribution < 1.29 is 18.0 Å². The molecule has 1 amide bonds. The van der Waals surface area contributed by atoms with E-state index in [2.05, 4.69) is 20.2 Å². The molecule has 1 saturated heterocycles. The molecule has 8 heteroatoms. The molecule has 1 fully saturated rings. The van der Waals surface area contributed by atoms with Crippen LogP contribution in [0.1, 0.15) is 29.7 Å². The number of amides is 1. The van der Waals surface area contributed by atoms with Gasteiger partial charge in [0.2, 0.25) is 5.91 Å². The minimum atomic E-state index is -4.43. The third-order valence-electron chi connectivity index (χ3n) is 6.30. The van der Waals surface area contributed by atoms with Gasteiger partial charge in [0.15, 0.2) is 0 Å². The van der Waals surface area contributed by atoms with Gasteiger partial charge in [-0.15, -0.1) is 0 Å². The van der Waals surface area contributed by atoms with Crippen molar-refractivity contribution in [3.05, 3.63) is 89.6 Å². The molecule has 0 bridgehead atoms. The van der Waals surface area contributed by atoms with Crippen LogP contribution in [0.5, 0.6) is 0 Å². The van der Waals surface area contributed by atoms with E-state index in [0.717, 1.165) is 42.8 Å². The van der Waals surface area contributed by atoms with Gasteiger partial charge in [0.05, 0.1) is 28.9 Å². The summed E-state index contributed by atoms with van der Waals surface area (Å²) < 4.78 is 39.5. The Morgan fingerprint density at radius 3 is 2.50 bits per heavy atom. The van der Waals surface area contributed by atoms with E-state index in [1.165, 1.54) is 18.9 Å². The summed E-state index contributed by atoms with van der Waals surface area (Å²) in [7, 11) is 0. The molecule has 1 aliphatic rings. The van der Waals surface area contributed by atoms with Crippen molar-refractivity contribution in [2.45, 2.75) is 32.0 Å². The molecule has 0 unspecified atom stereocenters. The lowest BCUT2D eigenvalue weighted by molar-refractivity contribution is -0.137. The zero-order valence-corrected chi connectivity index (χ0v) is 19.6. The second kappa shape index (κ2) is 10.1. The van der Waals surface area contributed by atoms with Crippen molar-refractivity contribution in [3.63, 3.8) is 0 Å². The molecule has 4 aromatic rings. The van der Waals surface area contributed by atoms with Gasteiger partial charge in [-0.05, 0) is 61.8 Å². The molecule has 184 valence electrons. The molecule has 2 aromatic carbocycles. The van der Waals surface area contributed by atoms with E-state index >= 15 is 0 Å². The Balaban J connectivity index is 1.35. The summed E-state index contributed by atoms with van der Waals surface area (Å²) in [5.74, 6) is 0.258. The first-order chi connectivity index (χ1) is 17.3. The highest BCUT2D eigenvalue weighted by Crippen LogP contribution is 2.32.